The van der Waals surface area contributed by atoms with Crippen LogP contribution in [0.1, 0.15) is 39.5 Å². The molecule has 0 radical (unpaired) electrons. The van der Waals surface area contributed by atoms with Crippen LogP contribution in [-0.2, 0) is 9.53 Å². The summed E-state index contributed by atoms with van der Waals surface area (Å²) in [5.41, 5.74) is -0.0879. The summed E-state index contributed by atoms with van der Waals surface area (Å²) < 4.78 is 5.23. The summed E-state index contributed by atoms with van der Waals surface area (Å²) in [5, 5.41) is 0. The molecule has 0 heterocycles. The zero-order valence-electron chi connectivity index (χ0n) is 8.88. The highest BCUT2D eigenvalue weighted by Crippen LogP contribution is 2.45. The average Bonchev–Trinajstić information content (AvgIpc) is 2.48. The SMILES string of the molecule is COC(C)CC1(C=O)CCCC1C. The molecular formula is C11H20O2. The van der Waals surface area contributed by atoms with Crippen molar-refractivity contribution in [3.8, 4) is 0 Å². The summed E-state index contributed by atoms with van der Waals surface area (Å²) in [5.74, 6) is 0.530. The first-order chi connectivity index (χ1) is 6.14. The van der Waals surface area contributed by atoms with Crippen molar-refractivity contribution in [1.82, 2.24) is 0 Å². The van der Waals surface area contributed by atoms with Crippen LogP contribution in [0.25, 0.3) is 0 Å². The number of rotatable bonds is 4. The van der Waals surface area contributed by atoms with Crippen LogP contribution >= 0.6 is 0 Å². The number of hydrogen-bond acceptors (Lipinski definition) is 2. The highest BCUT2D eigenvalue weighted by molar-refractivity contribution is 5.60. The molecule has 3 atom stereocenters. The maximum atomic E-state index is 11.1. The topological polar surface area (TPSA) is 26.3 Å². The third kappa shape index (κ3) is 2.11. The molecule has 2 heteroatoms. The Kier molecular flexibility index (Phi) is 3.48. The van der Waals surface area contributed by atoms with Crippen LogP contribution in [-0.4, -0.2) is 19.5 Å². The van der Waals surface area contributed by atoms with Crippen LogP contribution < -0.4 is 0 Å². The van der Waals surface area contributed by atoms with Crippen LogP contribution in [0.5, 0.6) is 0 Å². The number of carbonyl (C=O) groups excluding carboxylic acids is 1. The first-order valence-electron chi connectivity index (χ1n) is 5.14. The van der Waals surface area contributed by atoms with Crippen molar-refractivity contribution in [3.63, 3.8) is 0 Å². The van der Waals surface area contributed by atoms with Crippen molar-refractivity contribution in [2.45, 2.75) is 45.6 Å². The minimum Gasteiger partial charge on any atom is -0.382 e. The fourth-order valence-electron chi connectivity index (χ4n) is 2.42. The Bertz CT molecular complexity index is 179. The minimum atomic E-state index is -0.0879. The van der Waals surface area contributed by atoms with Crippen LogP contribution in [0.15, 0.2) is 0 Å². The maximum absolute atomic E-state index is 11.1. The fraction of sp³-hybridized carbons (Fsp3) is 0.909. The molecule has 2 nitrogen and oxygen atoms in total. The summed E-state index contributed by atoms with van der Waals surface area (Å²) in [6, 6.07) is 0. The Morgan fingerprint density at radius 3 is 2.77 bits per heavy atom. The van der Waals surface area contributed by atoms with Crippen LogP contribution in [0, 0.1) is 11.3 Å². The van der Waals surface area contributed by atoms with E-state index in [4.69, 9.17) is 4.74 Å². The number of hydrogen-bond donors (Lipinski definition) is 0. The van der Waals surface area contributed by atoms with E-state index in [1.165, 1.54) is 19.1 Å². The lowest BCUT2D eigenvalue weighted by Gasteiger charge is -2.29. The Morgan fingerprint density at radius 2 is 2.38 bits per heavy atom. The van der Waals surface area contributed by atoms with E-state index in [0.29, 0.717) is 5.92 Å². The number of methoxy groups -OCH3 is 1. The standard InChI is InChI=1S/C11H20O2/c1-9-5-4-6-11(9,8-12)7-10(2)13-3/h8-10H,4-7H2,1-3H3. The van der Waals surface area contributed by atoms with Gasteiger partial charge in [0.1, 0.15) is 6.29 Å². The summed E-state index contributed by atoms with van der Waals surface area (Å²) in [6.07, 6.45) is 5.68. The molecule has 1 fully saturated rings. The first kappa shape index (κ1) is 10.7. The number of carbonyl (C=O) groups is 1. The smallest absolute Gasteiger partial charge is 0.126 e. The van der Waals surface area contributed by atoms with E-state index in [1.807, 2.05) is 6.92 Å². The van der Waals surface area contributed by atoms with Gasteiger partial charge in [0.15, 0.2) is 0 Å². The lowest BCUT2D eigenvalue weighted by molar-refractivity contribution is -0.120. The molecule has 13 heavy (non-hydrogen) atoms. The molecule has 0 aromatic heterocycles. The molecule has 0 amide bonds. The largest absolute Gasteiger partial charge is 0.382 e. The van der Waals surface area contributed by atoms with E-state index in [0.717, 1.165) is 12.8 Å². The Morgan fingerprint density at radius 1 is 1.69 bits per heavy atom. The number of aldehydes is 1. The van der Waals surface area contributed by atoms with Gasteiger partial charge in [-0.05, 0) is 32.1 Å². The van der Waals surface area contributed by atoms with Gasteiger partial charge in [0.05, 0.1) is 6.10 Å². The Labute approximate surface area is 80.7 Å². The minimum absolute atomic E-state index is 0.0879. The lowest BCUT2D eigenvalue weighted by Crippen LogP contribution is -2.30. The van der Waals surface area contributed by atoms with Gasteiger partial charge in [-0.15, -0.1) is 0 Å². The van der Waals surface area contributed by atoms with E-state index in [2.05, 4.69) is 6.92 Å². The molecule has 0 saturated heterocycles. The predicted octanol–water partition coefficient (Wildman–Crippen LogP) is 2.42. The van der Waals surface area contributed by atoms with Gasteiger partial charge in [0.25, 0.3) is 0 Å². The molecule has 0 bridgehead atoms. The van der Waals surface area contributed by atoms with Crippen molar-refractivity contribution < 1.29 is 9.53 Å². The van der Waals surface area contributed by atoms with Gasteiger partial charge >= 0.3 is 0 Å². The molecule has 0 aliphatic heterocycles. The van der Waals surface area contributed by atoms with Crippen LogP contribution in [0.3, 0.4) is 0 Å². The fourth-order valence-corrected chi connectivity index (χ4v) is 2.42. The van der Waals surface area contributed by atoms with Gasteiger partial charge < -0.3 is 9.53 Å². The molecule has 3 unspecified atom stereocenters. The van der Waals surface area contributed by atoms with Gasteiger partial charge in [0.2, 0.25) is 0 Å². The molecule has 1 aliphatic rings. The van der Waals surface area contributed by atoms with Crippen molar-refractivity contribution in [2.75, 3.05) is 7.11 Å². The van der Waals surface area contributed by atoms with E-state index in [-0.39, 0.29) is 11.5 Å². The Hall–Kier alpha value is -0.370. The molecule has 0 spiro atoms. The molecule has 1 rings (SSSR count). The molecule has 0 aromatic carbocycles. The van der Waals surface area contributed by atoms with E-state index in [9.17, 15) is 4.79 Å². The zero-order valence-corrected chi connectivity index (χ0v) is 8.88. The summed E-state index contributed by atoms with van der Waals surface area (Å²) in [7, 11) is 1.71. The second-order valence-corrected chi connectivity index (χ2v) is 4.39. The second kappa shape index (κ2) is 4.23. The van der Waals surface area contributed by atoms with Gasteiger partial charge in [0, 0.05) is 12.5 Å². The van der Waals surface area contributed by atoms with Crippen molar-refractivity contribution in [3.05, 3.63) is 0 Å². The van der Waals surface area contributed by atoms with E-state index >= 15 is 0 Å². The van der Waals surface area contributed by atoms with E-state index < -0.39 is 0 Å². The maximum Gasteiger partial charge on any atom is 0.126 e. The highest BCUT2D eigenvalue weighted by Gasteiger charge is 2.40. The van der Waals surface area contributed by atoms with Crippen LogP contribution in [0.4, 0.5) is 0 Å². The average molecular weight is 184 g/mol. The molecular weight excluding hydrogens is 164 g/mol. The molecule has 0 aromatic rings. The normalized spacial score (nSPS) is 36.1. The third-order valence-corrected chi connectivity index (χ3v) is 3.57. The summed E-state index contributed by atoms with van der Waals surface area (Å²) in [4.78, 5) is 11.1. The summed E-state index contributed by atoms with van der Waals surface area (Å²) >= 11 is 0. The van der Waals surface area contributed by atoms with Crippen LogP contribution in [0.2, 0.25) is 0 Å². The number of ether oxygens (including phenoxy) is 1. The van der Waals surface area contributed by atoms with Crippen molar-refractivity contribution >= 4 is 6.29 Å². The predicted molar refractivity (Wildman–Crippen MR) is 52.6 cm³/mol. The van der Waals surface area contributed by atoms with E-state index in [1.54, 1.807) is 7.11 Å². The van der Waals surface area contributed by atoms with Gasteiger partial charge in [-0.2, -0.15) is 0 Å². The summed E-state index contributed by atoms with van der Waals surface area (Å²) in [6.45, 7) is 4.22. The lowest BCUT2D eigenvalue weighted by atomic mass is 9.76. The quantitative estimate of drug-likeness (QED) is 0.627. The highest BCUT2D eigenvalue weighted by atomic mass is 16.5. The second-order valence-electron chi connectivity index (χ2n) is 4.39. The zero-order chi connectivity index (χ0) is 9.90. The van der Waals surface area contributed by atoms with Gasteiger partial charge in [-0.25, -0.2) is 0 Å². The van der Waals surface area contributed by atoms with Gasteiger partial charge in [-0.3, -0.25) is 0 Å². The van der Waals surface area contributed by atoms with Crippen molar-refractivity contribution in [2.24, 2.45) is 11.3 Å². The first-order valence-corrected chi connectivity index (χ1v) is 5.14. The third-order valence-electron chi connectivity index (χ3n) is 3.57. The molecule has 0 N–H and O–H groups in total. The molecule has 1 aliphatic carbocycles. The Balaban J connectivity index is 2.63. The molecule has 76 valence electrons. The van der Waals surface area contributed by atoms with Gasteiger partial charge in [-0.1, -0.05) is 13.3 Å². The monoisotopic (exact) mass is 184 g/mol. The molecule has 1 saturated carbocycles. The van der Waals surface area contributed by atoms with Crippen molar-refractivity contribution in [1.29, 1.82) is 0 Å².